The summed E-state index contributed by atoms with van der Waals surface area (Å²) in [6, 6.07) is 21.0. The number of hydrogen-bond acceptors (Lipinski definition) is 4. The maximum atomic E-state index is 6.32. The van der Waals surface area contributed by atoms with E-state index >= 15 is 0 Å². The number of aliphatic imine (C=N–C) groups is 2. The maximum absolute atomic E-state index is 6.32. The van der Waals surface area contributed by atoms with Crippen molar-refractivity contribution in [2.24, 2.45) is 15.4 Å². The van der Waals surface area contributed by atoms with Crippen molar-refractivity contribution >= 4 is 11.8 Å². The van der Waals surface area contributed by atoms with Gasteiger partial charge in [-0.15, -0.1) is 0 Å². The van der Waals surface area contributed by atoms with Gasteiger partial charge in [-0.3, -0.25) is 0 Å². The number of ether oxygens (including phenoxy) is 2. The second kappa shape index (κ2) is 10.1. The van der Waals surface area contributed by atoms with Crippen LogP contribution in [-0.2, 0) is 9.47 Å². The van der Waals surface area contributed by atoms with Crippen molar-refractivity contribution in [3.63, 3.8) is 0 Å². The normalized spacial score (nSPS) is 20.7. The minimum absolute atomic E-state index is 0.0470. The van der Waals surface area contributed by atoms with Gasteiger partial charge in [-0.1, -0.05) is 100 Å². The van der Waals surface area contributed by atoms with Crippen LogP contribution in [0.2, 0.25) is 0 Å². The Balaban J connectivity index is 1.69. The van der Waals surface area contributed by atoms with Crippen LogP contribution in [0.15, 0.2) is 70.6 Å². The molecule has 2 heterocycles. The fraction of sp³-hybridized carbons (Fsp3) is 0.481. The molecule has 2 aromatic carbocycles. The number of benzene rings is 2. The molecule has 0 radical (unpaired) electrons. The van der Waals surface area contributed by atoms with E-state index in [1.165, 1.54) is 11.1 Å². The summed E-state index contributed by atoms with van der Waals surface area (Å²) in [5, 5.41) is 0. The molecule has 164 valence electrons. The summed E-state index contributed by atoms with van der Waals surface area (Å²) in [6.45, 7) is 5.65. The zero-order valence-corrected chi connectivity index (χ0v) is 18.8. The average Bonchev–Trinajstić information content (AvgIpc) is 3.52. The van der Waals surface area contributed by atoms with Crippen molar-refractivity contribution in [1.82, 2.24) is 0 Å². The summed E-state index contributed by atoms with van der Waals surface area (Å²) in [5.74, 6) is 1.66. The molecule has 0 saturated heterocycles. The largest absolute Gasteiger partial charge is 0.478 e. The average molecular weight is 419 g/mol. The molecule has 0 aromatic heterocycles. The molecular formula is C27H34N2O2. The minimum Gasteiger partial charge on any atom is -0.478 e. The van der Waals surface area contributed by atoms with Gasteiger partial charge in [0.1, 0.15) is 30.7 Å². The van der Waals surface area contributed by atoms with Gasteiger partial charge in [-0.2, -0.15) is 0 Å². The van der Waals surface area contributed by atoms with Gasteiger partial charge < -0.3 is 9.47 Å². The summed E-state index contributed by atoms with van der Waals surface area (Å²) in [6.07, 6.45) is 6.37. The third-order valence-electron chi connectivity index (χ3n) is 6.40. The van der Waals surface area contributed by atoms with E-state index in [1.807, 2.05) is 12.1 Å². The second-order valence-electron chi connectivity index (χ2n) is 8.63. The fourth-order valence-electron chi connectivity index (χ4n) is 4.56. The van der Waals surface area contributed by atoms with Crippen LogP contribution in [0, 0.1) is 5.41 Å². The maximum Gasteiger partial charge on any atom is 0.200 e. The number of unbranched alkanes of at least 4 members (excludes halogenated alkanes) is 2. The van der Waals surface area contributed by atoms with Crippen molar-refractivity contribution < 1.29 is 9.47 Å². The minimum atomic E-state index is -0.362. The van der Waals surface area contributed by atoms with Crippen LogP contribution in [-0.4, -0.2) is 25.0 Å². The molecule has 0 N–H and O–H groups in total. The van der Waals surface area contributed by atoms with Crippen molar-refractivity contribution in [2.45, 2.75) is 64.5 Å². The summed E-state index contributed by atoms with van der Waals surface area (Å²) in [5.41, 5.74) is 2.04. The monoisotopic (exact) mass is 418 g/mol. The standard InChI is InChI=1S/C27H34N2O2/c1-3-5-17-27(18-6-4-2,25-28-23(19-30-25)21-13-9-7-10-14-21)26-29-24(20-31-26)22-15-11-8-12-16-22/h7-16,23-24H,3-6,17-20H2,1-2H3/t23-,24-/m0/s1. The van der Waals surface area contributed by atoms with Crippen LogP contribution in [0.1, 0.15) is 75.6 Å². The van der Waals surface area contributed by atoms with Gasteiger partial charge in [0.2, 0.25) is 0 Å². The van der Waals surface area contributed by atoms with Gasteiger partial charge in [0.15, 0.2) is 11.8 Å². The first kappa shape index (κ1) is 21.6. The molecular weight excluding hydrogens is 384 g/mol. The molecule has 0 saturated carbocycles. The first-order chi connectivity index (χ1) is 15.3. The lowest BCUT2D eigenvalue weighted by atomic mass is 9.77. The van der Waals surface area contributed by atoms with Gasteiger partial charge in [-0.05, 0) is 24.0 Å². The molecule has 0 fully saturated rings. The van der Waals surface area contributed by atoms with Crippen LogP contribution in [0.3, 0.4) is 0 Å². The topological polar surface area (TPSA) is 43.2 Å². The lowest BCUT2D eigenvalue weighted by Crippen LogP contribution is -2.40. The Morgan fingerprint density at radius 3 is 1.52 bits per heavy atom. The van der Waals surface area contributed by atoms with E-state index in [0.717, 1.165) is 50.3 Å². The van der Waals surface area contributed by atoms with Crippen LogP contribution in [0.5, 0.6) is 0 Å². The highest BCUT2D eigenvalue weighted by atomic mass is 16.5. The van der Waals surface area contributed by atoms with E-state index in [1.54, 1.807) is 0 Å². The first-order valence-electron chi connectivity index (χ1n) is 11.8. The highest BCUT2D eigenvalue weighted by Gasteiger charge is 2.48. The van der Waals surface area contributed by atoms with E-state index in [4.69, 9.17) is 19.5 Å². The van der Waals surface area contributed by atoms with Crippen molar-refractivity contribution in [3.05, 3.63) is 71.8 Å². The first-order valence-corrected chi connectivity index (χ1v) is 11.8. The van der Waals surface area contributed by atoms with E-state index in [0.29, 0.717) is 13.2 Å². The molecule has 0 bridgehead atoms. The summed E-state index contributed by atoms with van der Waals surface area (Å²) in [7, 11) is 0. The Hall–Kier alpha value is -2.62. The molecule has 4 heteroatoms. The smallest absolute Gasteiger partial charge is 0.200 e. The molecule has 4 rings (SSSR count). The molecule has 31 heavy (non-hydrogen) atoms. The Labute approximate surface area is 186 Å². The lowest BCUT2D eigenvalue weighted by molar-refractivity contribution is 0.234. The molecule has 0 aliphatic carbocycles. The van der Waals surface area contributed by atoms with Crippen molar-refractivity contribution in [2.75, 3.05) is 13.2 Å². The van der Waals surface area contributed by atoms with E-state index in [2.05, 4.69) is 62.4 Å². The molecule has 0 unspecified atom stereocenters. The van der Waals surface area contributed by atoms with Crippen LogP contribution >= 0.6 is 0 Å². The number of rotatable bonds is 10. The molecule has 2 atom stereocenters. The Morgan fingerprint density at radius 1 is 0.710 bits per heavy atom. The third-order valence-corrected chi connectivity index (χ3v) is 6.40. The fourth-order valence-corrected chi connectivity index (χ4v) is 4.56. The van der Waals surface area contributed by atoms with E-state index in [9.17, 15) is 0 Å². The lowest BCUT2D eigenvalue weighted by Gasteiger charge is -2.32. The van der Waals surface area contributed by atoms with E-state index in [-0.39, 0.29) is 17.5 Å². The predicted octanol–water partition coefficient (Wildman–Crippen LogP) is 6.69. The molecule has 2 aliphatic heterocycles. The van der Waals surface area contributed by atoms with Gasteiger partial charge in [-0.25, -0.2) is 9.98 Å². The predicted molar refractivity (Wildman–Crippen MR) is 127 cm³/mol. The Morgan fingerprint density at radius 2 is 1.13 bits per heavy atom. The van der Waals surface area contributed by atoms with Crippen molar-refractivity contribution in [1.29, 1.82) is 0 Å². The molecule has 0 spiro atoms. The Kier molecular flexibility index (Phi) is 7.06. The van der Waals surface area contributed by atoms with Crippen molar-refractivity contribution in [3.8, 4) is 0 Å². The van der Waals surface area contributed by atoms with Gasteiger partial charge in [0.25, 0.3) is 0 Å². The van der Waals surface area contributed by atoms with Crippen LogP contribution < -0.4 is 0 Å². The highest BCUT2D eigenvalue weighted by Crippen LogP contribution is 2.42. The molecule has 4 nitrogen and oxygen atoms in total. The van der Waals surface area contributed by atoms with Crippen LogP contribution in [0.25, 0.3) is 0 Å². The Bertz CT molecular complexity index is 816. The second-order valence-corrected chi connectivity index (χ2v) is 8.63. The van der Waals surface area contributed by atoms with Gasteiger partial charge in [0, 0.05) is 0 Å². The number of nitrogens with zero attached hydrogens (tertiary/aromatic N) is 2. The summed E-state index contributed by atoms with van der Waals surface area (Å²) >= 11 is 0. The molecule has 0 amide bonds. The zero-order valence-electron chi connectivity index (χ0n) is 18.8. The quantitative estimate of drug-likeness (QED) is 0.431. The highest BCUT2D eigenvalue weighted by molar-refractivity contribution is 6.06. The summed E-state index contributed by atoms with van der Waals surface area (Å²) in [4.78, 5) is 10.2. The SMILES string of the molecule is CCCCC(CCCC)(C1=N[C@H](c2ccccc2)CO1)C1=N[C@H](c2ccccc2)CO1. The summed E-state index contributed by atoms with van der Waals surface area (Å²) < 4.78 is 12.6. The van der Waals surface area contributed by atoms with E-state index < -0.39 is 0 Å². The molecule has 2 aromatic rings. The van der Waals surface area contributed by atoms with Gasteiger partial charge >= 0.3 is 0 Å². The van der Waals surface area contributed by atoms with Gasteiger partial charge in [0.05, 0.1) is 0 Å². The third kappa shape index (κ3) is 4.68. The molecule has 2 aliphatic rings. The van der Waals surface area contributed by atoms with Crippen LogP contribution in [0.4, 0.5) is 0 Å². The zero-order chi connectivity index (χ0) is 21.5. The number of hydrogen-bond donors (Lipinski definition) is 0.